The lowest BCUT2D eigenvalue weighted by atomic mass is 10.0. The van der Waals surface area contributed by atoms with Crippen molar-refractivity contribution in [3.05, 3.63) is 59.4 Å². The summed E-state index contributed by atoms with van der Waals surface area (Å²) in [6, 6.07) is 11.8. The van der Waals surface area contributed by atoms with Gasteiger partial charge in [0.05, 0.1) is 11.7 Å². The van der Waals surface area contributed by atoms with Crippen LogP contribution in [0.25, 0.3) is 0 Å². The van der Waals surface area contributed by atoms with Crippen LogP contribution in [0.4, 0.5) is 10.1 Å². The van der Waals surface area contributed by atoms with Crippen LogP contribution in [0.15, 0.2) is 42.5 Å². The molecule has 1 N–H and O–H groups in total. The van der Waals surface area contributed by atoms with E-state index in [9.17, 15) is 14.0 Å². The van der Waals surface area contributed by atoms with Gasteiger partial charge in [0.2, 0.25) is 5.91 Å². The van der Waals surface area contributed by atoms with Crippen LogP contribution in [0.5, 0.6) is 5.75 Å². The molecule has 8 heteroatoms. The van der Waals surface area contributed by atoms with Gasteiger partial charge in [-0.2, -0.15) is 0 Å². The number of nitrogens with one attached hydrogen (secondary N) is 1. The number of amides is 2. The Labute approximate surface area is 212 Å². The number of fused-ring (bicyclic) bond motifs is 1. The van der Waals surface area contributed by atoms with E-state index in [1.165, 1.54) is 12.1 Å². The number of nitrogens with zero attached hydrogens (tertiary/aromatic N) is 2. The lowest BCUT2D eigenvalue weighted by Gasteiger charge is -2.36. The molecule has 3 atom stereocenters. The molecule has 36 heavy (non-hydrogen) atoms. The van der Waals surface area contributed by atoms with Crippen LogP contribution in [0.2, 0.25) is 0 Å². The molecular weight excluding hydrogens is 461 g/mol. The molecule has 0 radical (unpaired) electrons. The van der Waals surface area contributed by atoms with Crippen molar-refractivity contribution < 1.29 is 23.5 Å². The number of ether oxygens (including phenoxy) is 2. The summed E-state index contributed by atoms with van der Waals surface area (Å²) in [5.74, 6) is 0.236. The van der Waals surface area contributed by atoms with Gasteiger partial charge >= 0.3 is 0 Å². The first kappa shape index (κ1) is 26.1. The van der Waals surface area contributed by atoms with Gasteiger partial charge in [-0.25, -0.2) is 4.39 Å². The molecule has 0 bridgehead atoms. The molecule has 1 aliphatic carbocycles. The van der Waals surface area contributed by atoms with Gasteiger partial charge in [-0.15, -0.1) is 0 Å². The highest BCUT2D eigenvalue weighted by Crippen LogP contribution is 2.32. The second-order valence-electron chi connectivity index (χ2n) is 10.1. The predicted molar refractivity (Wildman–Crippen MR) is 136 cm³/mol. The maximum Gasteiger partial charge on any atom is 0.257 e. The van der Waals surface area contributed by atoms with Crippen molar-refractivity contribution in [2.45, 2.75) is 45.4 Å². The van der Waals surface area contributed by atoms with E-state index < -0.39 is 0 Å². The van der Waals surface area contributed by atoms with Crippen molar-refractivity contribution in [1.29, 1.82) is 0 Å². The Morgan fingerprint density at radius 1 is 1.14 bits per heavy atom. The lowest BCUT2D eigenvalue weighted by molar-refractivity contribution is -0.117. The Kier molecular flexibility index (Phi) is 8.26. The van der Waals surface area contributed by atoms with Crippen LogP contribution in [0, 0.1) is 17.7 Å². The number of anilines is 1. The van der Waals surface area contributed by atoms with Crippen LogP contribution in [0.3, 0.4) is 0 Å². The number of halogens is 1. The smallest absolute Gasteiger partial charge is 0.257 e. The summed E-state index contributed by atoms with van der Waals surface area (Å²) in [6.45, 7) is 6.31. The monoisotopic (exact) mass is 497 g/mol. The van der Waals surface area contributed by atoms with Gasteiger partial charge in [0.1, 0.15) is 18.2 Å². The number of carbonyl (C=O) groups is 2. The zero-order valence-electron chi connectivity index (χ0n) is 21.5. The largest absolute Gasteiger partial charge is 0.491 e. The van der Waals surface area contributed by atoms with Crippen LogP contribution >= 0.6 is 0 Å². The van der Waals surface area contributed by atoms with Crippen LogP contribution in [-0.2, 0) is 16.1 Å². The third-order valence-electron chi connectivity index (χ3n) is 7.09. The highest BCUT2D eigenvalue weighted by molar-refractivity contribution is 5.99. The molecule has 2 aromatic carbocycles. The summed E-state index contributed by atoms with van der Waals surface area (Å²) in [4.78, 5) is 29.6. The first-order valence-electron chi connectivity index (χ1n) is 12.6. The predicted octanol–water partition coefficient (Wildman–Crippen LogP) is 4.18. The molecule has 4 rings (SSSR count). The Hall–Kier alpha value is -2.97. The van der Waals surface area contributed by atoms with Crippen molar-refractivity contribution in [2.75, 3.05) is 39.2 Å². The molecular formula is C28H36FN3O4. The molecule has 1 heterocycles. The molecule has 0 spiro atoms. The minimum absolute atomic E-state index is 0.000159. The molecule has 0 saturated heterocycles. The van der Waals surface area contributed by atoms with Gasteiger partial charge in [-0.1, -0.05) is 19.1 Å². The van der Waals surface area contributed by atoms with E-state index in [2.05, 4.69) is 24.1 Å². The zero-order chi connectivity index (χ0) is 25.8. The summed E-state index contributed by atoms with van der Waals surface area (Å²) in [7, 11) is 3.43. The average molecular weight is 498 g/mol. The maximum atomic E-state index is 13.5. The fourth-order valence-corrected chi connectivity index (χ4v) is 4.56. The van der Waals surface area contributed by atoms with Crippen LogP contribution in [0.1, 0.15) is 42.6 Å². The van der Waals surface area contributed by atoms with Crippen molar-refractivity contribution in [1.82, 2.24) is 9.80 Å². The molecule has 7 nitrogen and oxygen atoms in total. The molecule has 2 amide bonds. The van der Waals surface area contributed by atoms with Crippen molar-refractivity contribution in [2.24, 2.45) is 11.8 Å². The standard InChI is InChI=1S/C28H36FN3O4/c1-18-14-32(15-20-5-9-22(29)10-6-20)19(2)17-36-25-13-23(30-27(33)21-7-8-21)11-12-24(25)28(34)31(3)16-26(18)35-4/h5-6,9-13,18-19,21,26H,7-8,14-17H2,1-4H3,(H,30,33)/t18-,19-,26+/m1/s1. The van der Waals surface area contributed by atoms with Gasteiger partial charge in [0, 0.05) is 57.5 Å². The number of carbonyl (C=O) groups excluding carboxylic acids is 2. The normalized spacial score (nSPS) is 23.8. The first-order chi connectivity index (χ1) is 17.2. The molecule has 194 valence electrons. The highest BCUT2D eigenvalue weighted by Gasteiger charge is 2.31. The van der Waals surface area contributed by atoms with Gasteiger partial charge in [-0.3, -0.25) is 14.5 Å². The zero-order valence-corrected chi connectivity index (χ0v) is 21.5. The fourth-order valence-electron chi connectivity index (χ4n) is 4.56. The maximum absolute atomic E-state index is 13.5. The summed E-state index contributed by atoms with van der Waals surface area (Å²) in [5.41, 5.74) is 2.07. The summed E-state index contributed by atoms with van der Waals surface area (Å²) in [6.07, 6.45) is 1.66. The minimum Gasteiger partial charge on any atom is -0.491 e. The molecule has 0 aromatic heterocycles. The molecule has 1 fully saturated rings. The number of hydrogen-bond donors (Lipinski definition) is 1. The van der Waals surface area contributed by atoms with Gasteiger partial charge in [0.25, 0.3) is 5.91 Å². The quantitative estimate of drug-likeness (QED) is 0.671. The summed E-state index contributed by atoms with van der Waals surface area (Å²) in [5, 5.41) is 2.94. The molecule has 2 aromatic rings. The molecule has 1 saturated carbocycles. The van der Waals surface area contributed by atoms with E-state index in [1.54, 1.807) is 49.4 Å². The van der Waals surface area contributed by atoms with E-state index in [-0.39, 0.29) is 41.6 Å². The average Bonchev–Trinajstić information content (AvgIpc) is 3.71. The topological polar surface area (TPSA) is 71.1 Å². The second kappa shape index (κ2) is 11.4. The fraction of sp³-hybridized carbons (Fsp3) is 0.500. The van der Waals surface area contributed by atoms with Crippen LogP contribution < -0.4 is 10.1 Å². The molecule has 1 aliphatic heterocycles. The van der Waals surface area contributed by atoms with Crippen LogP contribution in [-0.4, -0.2) is 67.6 Å². The second-order valence-corrected chi connectivity index (χ2v) is 10.1. The van der Waals surface area contributed by atoms with Gasteiger partial charge in [0.15, 0.2) is 0 Å². The van der Waals surface area contributed by atoms with Gasteiger partial charge < -0.3 is 19.7 Å². The van der Waals surface area contributed by atoms with Gasteiger partial charge in [-0.05, 0) is 55.5 Å². The summed E-state index contributed by atoms with van der Waals surface area (Å²) >= 11 is 0. The number of benzene rings is 2. The number of likely N-dealkylation sites (N-methyl/N-ethyl adjacent to an activating group) is 1. The number of rotatable bonds is 5. The number of methoxy groups -OCH3 is 1. The SMILES string of the molecule is CO[C@H]1CN(C)C(=O)c2ccc(NC(=O)C3CC3)cc2OC[C@@H](C)N(Cc2ccc(F)cc2)C[C@H]1C. The van der Waals surface area contributed by atoms with Crippen molar-refractivity contribution in [3.8, 4) is 5.75 Å². The van der Waals surface area contributed by atoms with E-state index in [4.69, 9.17) is 9.47 Å². The first-order valence-corrected chi connectivity index (χ1v) is 12.6. The Morgan fingerprint density at radius 3 is 2.53 bits per heavy atom. The molecule has 2 aliphatic rings. The van der Waals surface area contributed by atoms with Crippen molar-refractivity contribution >= 4 is 17.5 Å². The molecule has 0 unspecified atom stereocenters. The Balaban J connectivity index is 1.62. The lowest BCUT2D eigenvalue weighted by Crippen LogP contribution is -2.46. The van der Waals surface area contributed by atoms with E-state index in [0.717, 1.165) is 18.4 Å². The number of hydrogen-bond acceptors (Lipinski definition) is 5. The third-order valence-corrected chi connectivity index (χ3v) is 7.09. The van der Waals surface area contributed by atoms with Crippen molar-refractivity contribution in [3.63, 3.8) is 0 Å². The Morgan fingerprint density at radius 2 is 1.86 bits per heavy atom. The van der Waals surface area contributed by atoms with E-state index >= 15 is 0 Å². The third kappa shape index (κ3) is 6.42. The minimum atomic E-state index is -0.259. The van der Waals surface area contributed by atoms with E-state index in [1.807, 2.05) is 0 Å². The highest BCUT2D eigenvalue weighted by atomic mass is 19.1. The van der Waals surface area contributed by atoms with E-state index in [0.29, 0.717) is 43.2 Å². The Bertz CT molecular complexity index is 1070. The summed E-state index contributed by atoms with van der Waals surface area (Å²) < 4.78 is 25.5.